The van der Waals surface area contributed by atoms with Crippen LogP contribution in [0, 0.1) is 0 Å². The topological polar surface area (TPSA) is 146 Å². The lowest BCUT2D eigenvalue weighted by Crippen LogP contribution is -3.10. The van der Waals surface area contributed by atoms with Crippen molar-refractivity contribution in [3.63, 3.8) is 0 Å². The maximum Gasteiger partial charge on any atom is 0.351 e. The summed E-state index contributed by atoms with van der Waals surface area (Å²) in [4.78, 5) is 43.6. The van der Waals surface area contributed by atoms with Gasteiger partial charge >= 0.3 is 5.97 Å². The molecule has 5 rings (SSSR count). The molecule has 4 aromatic rings. The summed E-state index contributed by atoms with van der Waals surface area (Å²) in [7, 11) is 0. The van der Waals surface area contributed by atoms with Crippen LogP contribution in [0.1, 0.15) is 17.7 Å². The first-order valence-corrected chi connectivity index (χ1v) is 13.2. The quantitative estimate of drug-likeness (QED) is 0.300. The van der Waals surface area contributed by atoms with Crippen molar-refractivity contribution in [3.05, 3.63) is 93.8 Å². The Morgan fingerprint density at radius 2 is 1.68 bits per heavy atom. The van der Waals surface area contributed by atoms with E-state index in [9.17, 15) is 4.79 Å². The fraction of sp³-hybridized carbons (Fsp3) is 0.286. The SMILES string of the molecule is O=C([O-])C(=O)O.O=c1c2ccccc2c(Cc2ccc(Cl)cc2)nn1CCCN1CC[NH+](c2cnccn2)CC1. The number of nitrogens with zero attached hydrogens (tertiary/aromatic N) is 5. The van der Waals surface area contributed by atoms with Crippen LogP contribution in [0.5, 0.6) is 0 Å². The average Bonchev–Trinajstić information content (AvgIpc) is 2.97. The first kappa shape index (κ1) is 28.8. The van der Waals surface area contributed by atoms with Crippen molar-refractivity contribution in [2.24, 2.45) is 0 Å². The highest BCUT2D eigenvalue weighted by molar-refractivity contribution is 6.30. The molecule has 2 aromatic heterocycles. The van der Waals surface area contributed by atoms with Gasteiger partial charge in [0, 0.05) is 49.2 Å². The van der Waals surface area contributed by atoms with E-state index in [0.29, 0.717) is 18.0 Å². The molecule has 1 fully saturated rings. The predicted octanol–water partition coefficient (Wildman–Crippen LogP) is 0.174. The Hall–Kier alpha value is -4.19. The normalized spacial score (nSPS) is 13.9. The Labute approximate surface area is 235 Å². The molecule has 0 bridgehead atoms. The molecule has 1 aliphatic rings. The van der Waals surface area contributed by atoms with Crippen LogP contribution in [0.2, 0.25) is 5.02 Å². The van der Waals surface area contributed by atoms with E-state index in [-0.39, 0.29) is 5.56 Å². The van der Waals surface area contributed by atoms with Crippen LogP contribution in [-0.2, 0) is 22.6 Å². The zero-order chi connectivity index (χ0) is 28.5. The number of aryl methyl sites for hydroxylation is 1. The summed E-state index contributed by atoms with van der Waals surface area (Å²) < 4.78 is 1.65. The number of benzene rings is 2. The molecule has 11 nitrogen and oxygen atoms in total. The number of carbonyl (C=O) groups is 2. The molecule has 208 valence electrons. The Bertz CT molecular complexity index is 1490. The number of piperazine rings is 1. The Morgan fingerprint density at radius 3 is 2.30 bits per heavy atom. The number of hydrogen-bond acceptors (Lipinski definition) is 8. The fourth-order valence-electron chi connectivity index (χ4n) is 4.61. The molecule has 1 saturated heterocycles. The van der Waals surface area contributed by atoms with Crippen molar-refractivity contribution in [1.29, 1.82) is 0 Å². The monoisotopic (exact) mass is 564 g/mol. The van der Waals surface area contributed by atoms with E-state index in [1.165, 1.54) is 4.90 Å². The number of quaternary nitrogens is 1. The molecule has 12 heteroatoms. The summed E-state index contributed by atoms with van der Waals surface area (Å²) in [5.74, 6) is -2.99. The summed E-state index contributed by atoms with van der Waals surface area (Å²) in [5, 5.41) is 23.5. The van der Waals surface area contributed by atoms with Crippen molar-refractivity contribution < 1.29 is 24.7 Å². The molecule has 3 heterocycles. The third kappa shape index (κ3) is 7.69. The summed E-state index contributed by atoms with van der Waals surface area (Å²) in [6, 6.07) is 15.6. The number of nitrogens with one attached hydrogen (secondary N) is 1. The first-order valence-electron chi connectivity index (χ1n) is 12.8. The maximum absolute atomic E-state index is 13.1. The van der Waals surface area contributed by atoms with Crippen LogP contribution in [0.25, 0.3) is 10.8 Å². The largest absolute Gasteiger partial charge is 0.539 e. The Balaban J connectivity index is 0.000000557. The van der Waals surface area contributed by atoms with Crippen molar-refractivity contribution in [1.82, 2.24) is 24.6 Å². The van der Waals surface area contributed by atoms with Crippen molar-refractivity contribution in [3.8, 4) is 0 Å². The number of carbonyl (C=O) groups excluding carboxylic acids is 1. The molecule has 40 heavy (non-hydrogen) atoms. The van der Waals surface area contributed by atoms with Gasteiger partial charge in [-0.05, 0) is 30.2 Å². The maximum atomic E-state index is 13.1. The molecule has 2 aromatic carbocycles. The lowest BCUT2D eigenvalue weighted by Gasteiger charge is -2.31. The van der Waals surface area contributed by atoms with Gasteiger partial charge in [-0.3, -0.25) is 19.6 Å². The highest BCUT2D eigenvalue weighted by atomic mass is 35.5. The molecule has 1 aliphatic heterocycles. The smallest absolute Gasteiger partial charge is 0.351 e. The van der Waals surface area contributed by atoms with Crippen LogP contribution in [0.15, 0.2) is 71.9 Å². The minimum Gasteiger partial charge on any atom is -0.539 e. The van der Waals surface area contributed by atoms with Gasteiger partial charge in [0.25, 0.3) is 5.56 Å². The van der Waals surface area contributed by atoms with Crippen LogP contribution in [0.3, 0.4) is 0 Å². The molecule has 0 spiro atoms. The van der Waals surface area contributed by atoms with Crippen molar-refractivity contribution in [2.75, 3.05) is 32.7 Å². The number of carboxylic acid groups (broad SMARTS) is 2. The zero-order valence-electron chi connectivity index (χ0n) is 21.7. The van der Waals surface area contributed by atoms with Gasteiger partial charge in [-0.25, -0.2) is 14.5 Å². The molecule has 0 amide bonds. The van der Waals surface area contributed by atoms with Gasteiger partial charge in [0.15, 0.2) is 5.97 Å². The van der Waals surface area contributed by atoms with Crippen LogP contribution < -0.4 is 15.6 Å². The summed E-state index contributed by atoms with van der Waals surface area (Å²) in [6.45, 7) is 5.59. The molecule has 0 saturated carbocycles. The number of halogens is 1. The molecular formula is C28H29ClN6O5. The third-order valence-corrected chi connectivity index (χ3v) is 6.88. The second-order valence-electron chi connectivity index (χ2n) is 9.31. The van der Waals surface area contributed by atoms with E-state index < -0.39 is 11.9 Å². The number of carboxylic acids is 2. The standard InChI is InChI=1S/C26H27ClN6O.C2H2O4/c27-21-8-6-20(7-9-21)18-24-22-4-1-2-5-23(22)26(34)33(30-24)13-3-12-31-14-16-32(17-15-31)25-19-28-10-11-29-25;3-1(4)2(5)6/h1-2,4-11,19H,3,12-18H2;(H,3,4)(H,5,6). The molecule has 2 N–H and O–H groups in total. The van der Waals surface area contributed by atoms with E-state index in [1.807, 2.05) is 54.7 Å². The van der Waals surface area contributed by atoms with Gasteiger partial charge in [-0.2, -0.15) is 5.10 Å². The van der Waals surface area contributed by atoms with Crippen LogP contribution >= 0.6 is 11.6 Å². The van der Waals surface area contributed by atoms with Gasteiger partial charge in [0.1, 0.15) is 6.20 Å². The third-order valence-electron chi connectivity index (χ3n) is 6.63. The Morgan fingerprint density at radius 1 is 1.00 bits per heavy atom. The average molecular weight is 565 g/mol. The molecule has 0 unspecified atom stereocenters. The zero-order valence-corrected chi connectivity index (χ0v) is 22.5. The van der Waals surface area contributed by atoms with Gasteiger partial charge < -0.3 is 15.0 Å². The highest BCUT2D eigenvalue weighted by Crippen LogP contribution is 2.18. The predicted molar refractivity (Wildman–Crippen MR) is 146 cm³/mol. The van der Waals surface area contributed by atoms with Gasteiger partial charge in [0.2, 0.25) is 5.82 Å². The van der Waals surface area contributed by atoms with E-state index >= 15 is 0 Å². The second-order valence-corrected chi connectivity index (χ2v) is 9.74. The van der Waals surface area contributed by atoms with Crippen LogP contribution in [0.4, 0.5) is 5.82 Å². The lowest BCUT2D eigenvalue weighted by molar-refractivity contribution is -0.840. The van der Waals surface area contributed by atoms with Gasteiger partial charge in [0.05, 0.1) is 30.4 Å². The Kier molecular flexibility index (Phi) is 9.90. The lowest BCUT2D eigenvalue weighted by atomic mass is 10.0. The summed E-state index contributed by atoms with van der Waals surface area (Å²) >= 11 is 6.04. The van der Waals surface area contributed by atoms with Gasteiger partial charge in [-0.15, -0.1) is 0 Å². The number of fused-ring (bicyclic) bond motifs is 1. The van der Waals surface area contributed by atoms with Crippen molar-refractivity contribution in [2.45, 2.75) is 19.4 Å². The highest BCUT2D eigenvalue weighted by Gasteiger charge is 2.22. The minimum absolute atomic E-state index is 0.0210. The minimum atomic E-state index is -2.07. The first-order chi connectivity index (χ1) is 19.3. The molecule has 0 aliphatic carbocycles. The molecular weight excluding hydrogens is 536 g/mol. The van der Waals surface area contributed by atoms with Gasteiger partial charge in [-0.1, -0.05) is 41.9 Å². The number of aromatic nitrogens is 4. The van der Waals surface area contributed by atoms with E-state index in [1.54, 1.807) is 17.1 Å². The van der Waals surface area contributed by atoms with E-state index in [2.05, 4.69) is 14.9 Å². The van der Waals surface area contributed by atoms with E-state index in [0.717, 1.165) is 67.0 Å². The molecule has 0 radical (unpaired) electrons. The number of aliphatic carboxylic acids is 2. The molecule has 0 atom stereocenters. The summed E-state index contributed by atoms with van der Waals surface area (Å²) in [6.07, 6.45) is 6.86. The fourth-order valence-corrected chi connectivity index (χ4v) is 4.74. The number of rotatable bonds is 7. The van der Waals surface area contributed by atoms with E-state index in [4.69, 9.17) is 36.5 Å². The van der Waals surface area contributed by atoms with Crippen molar-refractivity contribution >= 4 is 40.1 Å². The van der Waals surface area contributed by atoms with Crippen LogP contribution in [-0.4, -0.2) is 74.4 Å². The summed E-state index contributed by atoms with van der Waals surface area (Å²) in [5.41, 5.74) is 2.02. The number of hydrogen-bond donors (Lipinski definition) is 2. The second kappa shape index (κ2) is 13.7.